The molecular formula is C19H20N2O2. The lowest BCUT2D eigenvalue weighted by molar-refractivity contribution is -0.127. The molecule has 23 heavy (non-hydrogen) atoms. The summed E-state index contributed by atoms with van der Waals surface area (Å²) in [5.41, 5.74) is 2.91. The summed E-state index contributed by atoms with van der Waals surface area (Å²) in [6.45, 7) is 2.19. The van der Waals surface area contributed by atoms with Gasteiger partial charge in [-0.25, -0.2) is 0 Å². The summed E-state index contributed by atoms with van der Waals surface area (Å²) < 4.78 is 7.67. The van der Waals surface area contributed by atoms with Crippen molar-refractivity contribution in [2.75, 3.05) is 5.32 Å². The Balaban J connectivity index is 1.61. The number of nitrogens with zero attached hydrogens (tertiary/aromatic N) is 1. The minimum absolute atomic E-state index is 0.144. The molecule has 0 aliphatic rings. The molecule has 1 unspecified atom stereocenters. The van der Waals surface area contributed by atoms with Gasteiger partial charge >= 0.3 is 0 Å². The third kappa shape index (κ3) is 3.60. The molecule has 2 aromatic carbocycles. The Kier molecular flexibility index (Phi) is 4.44. The zero-order chi connectivity index (χ0) is 16.2. The highest BCUT2D eigenvalue weighted by atomic mass is 16.5. The van der Waals surface area contributed by atoms with Crippen molar-refractivity contribution in [2.24, 2.45) is 7.05 Å². The van der Waals surface area contributed by atoms with E-state index in [4.69, 9.17) is 4.74 Å². The molecule has 4 nitrogen and oxygen atoms in total. The third-order valence-electron chi connectivity index (χ3n) is 3.87. The molecule has 3 aromatic rings. The summed E-state index contributed by atoms with van der Waals surface area (Å²) in [6.07, 6.45) is 1.49. The van der Waals surface area contributed by atoms with E-state index in [1.807, 2.05) is 72.4 Å². The van der Waals surface area contributed by atoms with Crippen molar-refractivity contribution >= 4 is 22.5 Å². The number of nitrogens with one attached hydrogen (secondary N) is 1. The van der Waals surface area contributed by atoms with Crippen molar-refractivity contribution < 1.29 is 9.53 Å². The molecule has 0 fully saturated rings. The van der Waals surface area contributed by atoms with Crippen LogP contribution in [0.2, 0.25) is 0 Å². The first kappa shape index (κ1) is 15.3. The SMILES string of the molecule is CC(OCc1ccccc1)C(=O)Nc1ccc2ccn(C)c2c1. The number of amides is 1. The molecule has 1 aromatic heterocycles. The van der Waals surface area contributed by atoms with Crippen molar-refractivity contribution in [1.29, 1.82) is 0 Å². The zero-order valence-corrected chi connectivity index (χ0v) is 13.3. The number of rotatable bonds is 5. The summed E-state index contributed by atoms with van der Waals surface area (Å²) in [7, 11) is 1.99. The third-order valence-corrected chi connectivity index (χ3v) is 3.87. The van der Waals surface area contributed by atoms with Gasteiger partial charge in [0.1, 0.15) is 6.10 Å². The number of ether oxygens (including phenoxy) is 1. The van der Waals surface area contributed by atoms with Gasteiger partial charge in [-0.3, -0.25) is 4.79 Å². The van der Waals surface area contributed by atoms with Gasteiger partial charge in [0.05, 0.1) is 6.61 Å². The molecule has 0 saturated carbocycles. The fourth-order valence-electron chi connectivity index (χ4n) is 2.46. The van der Waals surface area contributed by atoms with Crippen molar-refractivity contribution in [1.82, 2.24) is 4.57 Å². The Morgan fingerprint density at radius 3 is 2.74 bits per heavy atom. The lowest BCUT2D eigenvalue weighted by Gasteiger charge is -2.14. The van der Waals surface area contributed by atoms with E-state index in [1.54, 1.807) is 6.92 Å². The second-order valence-corrected chi connectivity index (χ2v) is 5.63. The van der Waals surface area contributed by atoms with Gasteiger partial charge in [-0.05, 0) is 36.1 Å². The van der Waals surface area contributed by atoms with E-state index in [0.717, 1.165) is 22.2 Å². The Bertz CT molecular complexity index is 809. The van der Waals surface area contributed by atoms with E-state index in [-0.39, 0.29) is 5.91 Å². The van der Waals surface area contributed by atoms with Crippen LogP contribution in [0.25, 0.3) is 10.9 Å². The molecular weight excluding hydrogens is 288 g/mol. The highest BCUT2D eigenvalue weighted by Crippen LogP contribution is 2.20. The highest BCUT2D eigenvalue weighted by molar-refractivity contribution is 5.96. The van der Waals surface area contributed by atoms with Gasteiger partial charge in [0.25, 0.3) is 5.91 Å². The molecule has 4 heteroatoms. The molecule has 0 bridgehead atoms. The predicted octanol–water partition coefficient (Wildman–Crippen LogP) is 3.72. The van der Waals surface area contributed by atoms with E-state index < -0.39 is 6.10 Å². The van der Waals surface area contributed by atoms with Crippen LogP contribution in [0.4, 0.5) is 5.69 Å². The normalized spacial score (nSPS) is 12.3. The van der Waals surface area contributed by atoms with Gasteiger partial charge < -0.3 is 14.6 Å². The predicted molar refractivity (Wildman–Crippen MR) is 92.2 cm³/mol. The number of fused-ring (bicyclic) bond motifs is 1. The lowest BCUT2D eigenvalue weighted by Crippen LogP contribution is -2.27. The van der Waals surface area contributed by atoms with Crippen LogP contribution in [-0.2, 0) is 23.2 Å². The first-order chi connectivity index (χ1) is 11.1. The molecule has 0 saturated heterocycles. The standard InChI is InChI=1S/C19H20N2O2/c1-14(23-13-15-6-4-3-5-7-15)19(22)20-17-9-8-16-10-11-21(2)18(16)12-17/h3-12,14H,13H2,1-2H3,(H,20,22). The second-order valence-electron chi connectivity index (χ2n) is 5.63. The van der Waals surface area contributed by atoms with Gasteiger partial charge in [0.15, 0.2) is 0 Å². The molecule has 1 amide bonds. The zero-order valence-electron chi connectivity index (χ0n) is 13.3. The number of benzene rings is 2. The molecule has 3 rings (SSSR count). The fraction of sp³-hybridized carbons (Fsp3) is 0.211. The summed E-state index contributed by atoms with van der Waals surface area (Å²) in [5.74, 6) is -0.144. The Labute approximate surface area is 135 Å². The lowest BCUT2D eigenvalue weighted by atomic mass is 10.2. The fourth-order valence-corrected chi connectivity index (χ4v) is 2.46. The number of hydrogen-bond acceptors (Lipinski definition) is 2. The Hall–Kier alpha value is -2.59. The number of aryl methyl sites for hydroxylation is 1. The van der Waals surface area contributed by atoms with Crippen LogP contribution in [-0.4, -0.2) is 16.6 Å². The molecule has 0 aliphatic carbocycles. The van der Waals surface area contributed by atoms with Crippen LogP contribution in [0.3, 0.4) is 0 Å². The molecule has 1 heterocycles. The monoisotopic (exact) mass is 308 g/mol. The average Bonchev–Trinajstić information content (AvgIpc) is 2.94. The van der Waals surface area contributed by atoms with Crippen molar-refractivity contribution in [2.45, 2.75) is 19.6 Å². The smallest absolute Gasteiger partial charge is 0.253 e. The van der Waals surface area contributed by atoms with E-state index in [2.05, 4.69) is 5.32 Å². The highest BCUT2D eigenvalue weighted by Gasteiger charge is 2.14. The summed E-state index contributed by atoms with van der Waals surface area (Å²) in [4.78, 5) is 12.3. The maximum atomic E-state index is 12.3. The van der Waals surface area contributed by atoms with Crippen molar-refractivity contribution in [3.63, 3.8) is 0 Å². The van der Waals surface area contributed by atoms with Gasteiger partial charge in [-0.1, -0.05) is 36.4 Å². The van der Waals surface area contributed by atoms with E-state index >= 15 is 0 Å². The maximum absolute atomic E-state index is 12.3. The number of anilines is 1. The first-order valence-corrected chi connectivity index (χ1v) is 7.65. The van der Waals surface area contributed by atoms with Crippen molar-refractivity contribution in [3.05, 3.63) is 66.4 Å². The number of hydrogen-bond donors (Lipinski definition) is 1. The van der Waals surface area contributed by atoms with Crippen LogP contribution in [0.15, 0.2) is 60.8 Å². The summed E-state index contributed by atoms with van der Waals surface area (Å²) in [6, 6.07) is 17.8. The summed E-state index contributed by atoms with van der Waals surface area (Å²) >= 11 is 0. The van der Waals surface area contributed by atoms with Gasteiger partial charge in [0, 0.05) is 24.4 Å². The molecule has 1 atom stereocenters. The number of carbonyl (C=O) groups is 1. The van der Waals surface area contributed by atoms with Crippen molar-refractivity contribution in [3.8, 4) is 0 Å². The maximum Gasteiger partial charge on any atom is 0.253 e. The molecule has 118 valence electrons. The molecule has 0 radical (unpaired) electrons. The minimum atomic E-state index is -0.515. The van der Waals surface area contributed by atoms with Gasteiger partial charge in [0.2, 0.25) is 0 Å². The topological polar surface area (TPSA) is 43.3 Å². The van der Waals surface area contributed by atoms with Gasteiger partial charge in [-0.15, -0.1) is 0 Å². The average molecular weight is 308 g/mol. The Morgan fingerprint density at radius 2 is 1.96 bits per heavy atom. The van der Waals surface area contributed by atoms with Crippen LogP contribution in [0.1, 0.15) is 12.5 Å². The van der Waals surface area contributed by atoms with Crippen LogP contribution < -0.4 is 5.32 Å². The largest absolute Gasteiger partial charge is 0.364 e. The first-order valence-electron chi connectivity index (χ1n) is 7.65. The van der Waals surface area contributed by atoms with E-state index in [9.17, 15) is 4.79 Å². The van der Waals surface area contributed by atoms with E-state index in [0.29, 0.717) is 6.61 Å². The molecule has 0 spiro atoms. The van der Waals surface area contributed by atoms with E-state index in [1.165, 1.54) is 0 Å². The minimum Gasteiger partial charge on any atom is -0.364 e. The van der Waals surface area contributed by atoms with Gasteiger partial charge in [-0.2, -0.15) is 0 Å². The molecule has 0 aliphatic heterocycles. The second kappa shape index (κ2) is 6.67. The number of aromatic nitrogens is 1. The Morgan fingerprint density at radius 1 is 1.17 bits per heavy atom. The summed E-state index contributed by atoms with van der Waals surface area (Å²) in [5, 5.41) is 4.06. The quantitative estimate of drug-likeness (QED) is 0.780. The molecule has 1 N–H and O–H groups in total. The van der Waals surface area contributed by atoms with Crippen LogP contribution in [0.5, 0.6) is 0 Å². The van der Waals surface area contributed by atoms with Crippen LogP contribution >= 0.6 is 0 Å². The number of carbonyl (C=O) groups excluding carboxylic acids is 1. The van der Waals surface area contributed by atoms with Crippen LogP contribution in [0, 0.1) is 0 Å².